The SMILES string of the molecule is CC(C)P(c1cccc2c1oc1c(P(C(C)C)C(C)C)cccc12)C(C)C.[Os]. The molecule has 0 saturated carbocycles. The third-order valence-electron chi connectivity index (χ3n) is 5.26. The van der Waals surface area contributed by atoms with Crippen molar-refractivity contribution in [3.8, 4) is 0 Å². The van der Waals surface area contributed by atoms with Crippen molar-refractivity contribution in [1.29, 1.82) is 0 Å². The van der Waals surface area contributed by atoms with Crippen molar-refractivity contribution in [2.45, 2.75) is 78.0 Å². The number of hydrogen-bond acceptors (Lipinski definition) is 1. The molecule has 0 atom stereocenters. The van der Waals surface area contributed by atoms with Gasteiger partial charge in [0.05, 0.1) is 0 Å². The third-order valence-corrected chi connectivity index (χ3v) is 11.5. The normalized spacial score (nSPS) is 12.5. The van der Waals surface area contributed by atoms with E-state index >= 15 is 0 Å². The average molecular weight is 591 g/mol. The predicted molar refractivity (Wildman–Crippen MR) is 127 cm³/mol. The van der Waals surface area contributed by atoms with Crippen molar-refractivity contribution in [3.05, 3.63) is 36.4 Å². The first kappa shape index (κ1) is 24.0. The summed E-state index contributed by atoms with van der Waals surface area (Å²) < 4.78 is 6.71. The minimum atomic E-state index is -0.249. The minimum Gasteiger partial charge on any atom is -0.455 e. The Balaban J connectivity index is 0.00000280. The topological polar surface area (TPSA) is 13.1 Å². The molecule has 0 bridgehead atoms. The van der Waals surface area contributed by atoms with Gasteiger partial charge in [-0.05, 0) is 22.6 Å². The van der Waals surface area contributed by atoms with Crippen molar-refractivity contribution >= 4 is 48.4 Å². The van der Waals surface area contributed by atoms with E-state index in [2.05, 4.69) is 91.8 Å². The van der Waals surface area contributed by atoms with Gasteiger partial charge in [-0.25, -0.2) is 0 Å². The largest absolute Gasteiger partial charge is 0.455 e. The number of fused-ring (bicyclic) bond motifs is 3. The summed E-state index contributed by atoms with van der Waals surface area (Å²) in [5.41, 5.74) is 4.89. The summed E-state index contributed by atoms with van der Waals surface area (Å²) >= 11 is 0. The van der Waals surface area contributed by atoms with Gasteiger partial charge in [-0.15, -0.1) is 0 Å². The van der Waals surface area contributed by atoms with Crippen LogP contribution in [0.3, 0.4) is 0 Å². The molecular formula is C24H34OOsP2. The molecule has 0 aliphatic rings. The summed E-state index contributed by atoms with van der Waals surface area (Å²) in [5, 5.41) is 5.46. The van der Waals surface area contributed by atoms with Crippen LogP contribution < -0.4 is 10.6 Å². The fraction of sp³-hybridized carbons (Fsp3) is 0.500. The maximum Gasteiger partial charge on any atom is 0.143 e. The average Bonchev–Trinajstić information content (AvgIpc) is 2.94. The van der Waals surface area contributed by atoms with Crippen LogP contribution in [0.25, 0.3) is 21.9 Å². The Morgan fingerprint density at radius 2 is 0.893 bits per heavy atom. The van der Waals surface area contributed by atoms with Crippen LogP contribution in [-0.4, -0.2) is 22.6 Å². The Morgan fingerprint density at radius 3 is 1.18 bits per heavy atom. The maximum atomic E-state index is 6.71. The van der Waals surface area contributed by atoms with Gasteiger partial charge in [0.15, 0.2) is 0 Å². The van der Waals surface area contributed by atoms with E-state index in [0.717, 1.165) is 11.2 Å². The van der Waals surface area contributed by atoms with Gasteiger partial charge in [-0.1, -0.05) is 108 Å². The van der Waals surface area contributed by atoms with Crippen molar-refractivity contribution in [2.24, 2.45) is 0 Å². The van der Waals surface area contributed by atoms with Gasteiger partial charge < -0.3 is 4.42 Å². The minimum absolute atomic E-state index is 0. The molecule has 0 amide bonds. The van der Waals surface area contributed by atoms with Gasteiger partial charge in [0.25, 0.3) is 0 Å². The summed E-state index contributed by atoms with van der Waals surface area (Å²) in [6, 6.07) is 13.6. The molecular weight excluding hydrogens is 556 g/mol. The first-order chi connectivity index (χ1) is 12.7. The molecule has 0 aliphatic heterocycles. The molecule has 0 radical (unpaired) electrons. The number of rotatable bonds is 6. The molecule has 0 aliphatic carbocycles. The van der Waals surface area contributed by atoms with Crippen LogP contribution in [0.4, 0.5) is 0 Å². The molecule has 0 saturated heterocycles. The summed E-state index contributed by atoms with van der Waals surface area (Å²) in [7, 11) is -0.497. The number of para-hydroxylation sites is 2. The van der Waals surface area contributed by atoms with Crippen LogP contribution in [0.2, 0.25) is 0 Å². The fourth-order valence-electron chi connectivity index (χ4n) is 4.50. The van der Waals surface area contributed by atoms with Gasteiger partial charge in [-0.3, -0.25) is 0 Å². The molecule has 0 fully saturated rings. The second-order valence-corrected chi connectivity index (χ2v) is 15.3. The summed E-state index contributed by atoms with van der Waals surface area (Å²) in [5.74, 6) is 0. The number of hydrogen-bond donors (Lipinski definition) is 0. The van der Waals surface area contributed by atoms with E-state index in [1.54, 1.807) is 0 Å². The Labute approximate surface area is 186 Å². The van der Waals surface area contributed by atoms with Crippen LogP contribution in [-0.2, 0) is 19.8 Å². The van der Waals surface area contributed by atoms with E-state index in [1.165, 1.54) is 21.4 Å². The summed E-state index contributed by atoms with van der Waals surface area (Å²) in [6.45, 7) is 18.9. The van der Waals surface area contributed by atoms with Gasteiger partial charge in [0, 0.05) is 41.2 Å². The summed E-state index contributed by atoms with van der Waals surface area (Å²) in [4.78, 5) is 0. The van der Waals surface area contributed by atoms with Crippen molar-refractivity contribution in [2.75, 3.05) is 0 Å². The molecule has 1 aromatic heterocycles. The monoisotopic (exact) mass is 592 g/mol. The first-order valence-corrected chi connectivity index (χ1v) is 13.2. The van der Waals surface area contributed by atoms with Crippen molar-refractivity contribution in [1.82, 2.24) is 0 Å². The van der Waals surface area contributed by atoms with Crippen LogP contribution in [0, 0.1) is 0 Å². The van der Waals surface area contributed by atoms with E-state index < -0.39 is 0 Å². The molecule has 2 aromatic carbocycles. The molecule has 0 spiro atoms. The molecule has 4 heteroatoms. The molecule has 28 heavy (non-hydrogen) atoms. The molecule has 0 unspecified atom stereocenters. The molecule has 1 nitrogen and oxygen atoms in total. The van der Waals surface area contributed by atoms with Crippen LogP contribution in [0.5, 0.6) is 0 Å². The predicted octanol–water partition coefficient (Wildman–Crippen LogP) is 7.43. The van der Waals surface area contributed by atoms with Gasteiger partial charge in [0.1, 0.15) is 11.2 Å². The Morgan fingerprint density at radius 1 is 0.571 bits per heavy atom. The molecule has 0 N–H and O–H groups in total. The van der Waals surface area contributed by atoms with Crippen LogP contribution >= 0.6 is 15.8 Å². The second-order valence-electron chi connectivity index (χ2n) is 8.60. The zero-order chi connectivity index (χ0) is 19.9. The molecule has 3 rings (SSSR count). The van der Waals surface area contributed by atoms with Crippen LogP contribution in [0.1, 0.15) is 55.4 Å². The van der Waals surface area contributed by atoms with Crippen molar-refractivity contribution in [3.63, 3.8) is 0 Å². The Bertz CT molecular complexity index is 837. The van der Waals surface area contributed by atoms with Crippen molar-refractivity contribution < 1.29 is 24.2 Å². The number of furan rings is 1. The Hall–Kier alpha value is -0.264. The summed E-state index contributed by atoms with van der Waals surface area (Å²) in [6.07, 6.45) is 0. The van der Waals surface area contributed by atoms with Gasteiger partial charge in [-0.2, -0.15) is 0 Å². The number of benzene rings is 2. The van der Waals surface area contributed by atoms with Crippen LogP contribution in [0.15, 0.2) is 40.8 Å². The van der Waals surface area contributed by atoms with E-state index in [0.29, 0.717) is 22.6 Å². The standard InChI is InChI=1S/C24H34OP2.Os/c1-15(2)26(16(3)4)21-13-9-11-19-20-12-10-14-22(24(20)25-23(19)21)27(17(5)6)18(7)8;/h9-18H,1-8H3;. The van der Waals surface area contributed by atoms with Gasteiger partial charge >= 0.3 is 0 Å². The van der Waals surface area contributed by atoms with E-state index in [4.69, 9.17) is 4.42 Å². The quantitative estimate of drug-likeness (QED) is 0.272. The first-order valence-electron chi connectivity index (χ1n) is 10.2. The molecule has 3 aromatic rings. The van der Waals surface area contributed by atoms with E-state index in [9.17, 15) is 0 Å². The Kier molecular flexibility index (Phi) is 8.31. The van der Waals surface area contributed by atoms with E-state index in [1.807, 2.05) is 0 Å². The maximum absolute atomic E-state index is 6.71. The van der Waals surface area contributed by atoms with Gasteiger partial charge in [0.2, 0.25) is 0 Å². The zero-order valence-electron chi connectivity index (χ0n) is 18.4. The third kappa shape index (κ3) is 4.41. The van der Waals surface area contributed by atoms with E-state index in [-0.39, 0.29) is 35.6 Å². The second kappa shape index (κ2) is 9.70. The fourth-order valence-corrected chi connectivity index (χ4v) is 10.4. The zero-order valence-corrected chi connectivity index (χ0v) is 22.8. The smallest absolute Gasteiger partial charge is 0.143 e. The molecule has 1 heterocycles. The molecule has 154 valence electrons.